The Balaban J connectivity index is 1.74. The van der Waals surface area contributed by atoms with Crippen LogP contribution in [0.1, 0.15) is 31.2 Å². The maximum Gasteiger partial charge on any atom is 0.324 e. The minimum atomic E-state index is -0.316. The van der Waals surface area contributed by atoms with Gasteiger partial charge >= 0.3 is 6.03 Å². The molecule has 1 saturated heterocycles. The zero-order valence-electron chi connectivity index (χ0n) is 13.9. The minimum absolute atomic E-state index is 0.0860. The van der Waals surface area contributed by atoms with Gasteiger partial charge in [0.05, 0.1) is 13.2 Å². The van der Waals surface area contributed by atoms with Crippen molar-refractivity contribution in [2.45, 2.75) is 37.8 Å². The highest BCUT2D eigenvalue weighted by Gasteiger charge is 2.39. The Bertz CT molecular complexity index is 568. The summed E-state index contributed by atoms with van der Waals surface area (Å²) in [7, 11) is 0. The number of carbonyl (C=O) groups excluding carboxylic acids is 2. The smallest absolute Gasteiger partial charge is 0.324 e. The van der Waals surface area contributed by atoms with Gasteiger partial charge in [-0.2, -0.15) is 0 Å². The summed E-state index contributed by atoms with van der Waals surface area (Å²) >= 11 is 0. The van der Waals surface area contributed by atoms with Crippen molar-refractivity contribution < 1.29 is 14.7 Å². The largest absolute Gasteiger partial charge is 0.394 e. The standard InChI is InChI=1S/C18H25N3O3/c22-14-18(8-4-5-9-18)20(13-15-6-2-1-3-7-15)10-11-21-16(23)12-19-17(21)24/h1-3,6-7,22H,4-5,8-14H2,(H,19,24). The fourth-order valence-electron chi connectivity index (χ4n) is 3.80. The van der Waals surface area contributed by atoms with Crippen LogP contribution in [0.4, 0.5) is 4.79 Å². The minimum Gasteiger partial charge on any atom is -0.394 e. The average molecular weight is 331 g/mol. The van der Waals surface area contributed by atoms with Crippen molar-refractivity contribution in [1.82, 2.24) is 15.1 Å². The maximum absolute atomic E-state index is 11.8. The van der Waals surface area contributed by atoms with Gasteiger partial charge in [0.25, 0.3) is 0 Å². The number of benzene rings is 1. The van der Waals surface area contributed by atoms with E-state index >= 15 is 0 Å². The second kappa shape index (κ2) is 7.32. The van der Waals surface area contributed by atoms with E-state index in [1.165, 1.54) is 10.5 Å². The summed E-state index contributed by atoms with van der Waals surface area (Å²) in [5, 5.41) is 12.6. The first-order chi connectivity index (χ1) is 11.6. The summed E-state index contributed by atoms with van der Waals surface area (Å²) < 4.78 is 0. The third-order valence-corrected chi connectivity index (χ3v) is 5.25. The summed E-state index contributed by atoms with van der Waals surface area (Å²) in [4.78, 5) is 27.1. The molecule has 6 nitrogen and oxygen atoms in total. The van der Waals surface area contributed by atoms with Gasteiger partial charge in [-0.05, 0) is 18.4 Å². The molecule has 1 saturated carbocycles. The Labute approximate surface area is 142 Å². The maximum atomic E-state index is 11.8. The van der Waals surface area contributed by atoms with E-state index in [0.717, 1.165) is 25.7 Å². The molecule has 1 aromatic rings. The van der Waals surface area contributed by atoms with Gasteiger partial charge < -0.3 is 10.4 Å². The van der Waals surface area contributed by atoms with E-state index in [2.05, 4.69) is 22.3 Å². The van der Waals surface area contributed by atoms with Gasteiger partial charge in [0.2, 0.25) is 5.91 Å². The molecule has 6 heteroatoms. The molecule has 0 bridgehead atoms. The highest BCUT2D eigenvalue weighted by atomic mass is 16.3. The quantitative estimate of drug-likeness (QED) is 0.740. The number of hydrogen-bond donors (Lipinski definition) is 2. The van der Waals surface area contributed by atoms with Crippen LogP contribution < -0.4 is 5.32 Å². The molecule has 0 radical (unpaired) electrons. The molecule has 3 rings (SSSR count). The summed E-state index contributed by atoms with van der Waals surface area (Å²) in [5.41, 5.74) is 0.934. The second-order valence-electron chi connectivity index (χ2n) is 6.70. The first-order valence-corrected chi connectivity index (χ1v) is 8.63. The Morgan fingerprint density at radius 2 is 1.88 bits per heavy atom. The topological polar surface area (TPSA) is 72.9 Å². The zero-order chi connectivity index (χ0) is 17.0. The van der Waals surface area contributed by atoms with Crippen molar-refractivity contribution in [3.8, 4) is 0 Å². The van der Waals surface area contributed by atoms with Crippen molar-refractivity contribution in [1.29, 1.82) is 0 Å². The molecule has 0 atom stereocenters. The highest BCUT2D eigenvalue weighted by Crippen LogP contribution is 2.35. The van der Waals surface area contributed by atoms with Crippen molar-refractivity contribution in [2.75, 3.05) is 26.2 Å². The monoisotopic (exact) mass is 331 g/mol. The molecule has 2 aliphatic rings. The Morgan fingerprint density at radius 1 is 1.17 bits per heavy atom. The molecule has 0 aromatic heterocycles. The molecule has 24 heavy (non-hydrogen) atoms. The lowest BCUT2D eigenvalue weighted by atomic mass is 9.95. The van der Waals surface area contributed by atoms with Crippen LogP contribution in [0.25, 0.3) is 0 Å². The van der Waals surface area contributed by atoms with Crippen LogP contribution in [-0.4, -0.2) is 58.6 Å². The normalized spacial score (nSPS) is 20.0. The van der Waals surface area contributed by atoms with E-state index in [1.54, 1.807) is 0 Å². The van der Waals surface area contributed by atoms with Crippen LogP contribution in [0, 0.1) is 0 Å². The van der Waals surface area contributed by atoms with Crippen molar-refractivity contribution >= 4 is 11.9 Å². The molecule has 3 amide bonds. The van der Waals surface area contributed by atoms with E-state index < -0.39 is 0 Å². The molecular formula is C18H25N3O3. The van der Waals surface area contributed by atoms with Gasteiger partial charge in [0.15, 0.2) is 0 Å². The number of aliphatic hydroxyl groups is 1. The number of urea groups is 1. The van der Waals surface area contributed by atoms with E-state index in [9.17, 15) is 14.7 Å². The average Bonchev–Trinajstić information content (AvgIpc) is 3.21. The van der Waals surface area contributed by atoms with E-state index in [-0.39, 0.29) is 30.6 Å². The number of nitrogens with zero attached hydrogens (tertiary/aromatic N) is 2. The third-order valence-electron chi connectivity index (χ3n) is 5.25. The molecule has 2 N–H and O–H groups in total. The number of nitrogens with one attached hydrogen (secondary N) is 1. The van der Waals surface area contributed by atoms with Crippen molar-refractivity contribution in [3.05, 3.63) is 35.9 Å². The van der Waals surface area contributed by atoms with E-state index in [1.807, 2.05) is 18.2 Å². The molecular weight excluding hydrogens is 306 g/mol. The zero-order valence-corrected chi connectivity index (χ0v) is 13.9. The lowest BCUT2D eigenvalue weighted by Gasteiger charge is -2.40. The lowest BCUT2D eigenvalue weighted by molar-refractivity contribution is -0.125. The van der Waals surface area contributed by atoms with Gasteiger partial charge in [-0.25, -0.2) is 4.79 Å². The summed E-state index contributed by atoms with van der Waals surface area (Å²) in [6.07, 6.45) is 4.12. The molecule has 0 spiro atoms. The van der Waals surface area contributed by atoms with Crippen LogP contribution in [0.15, 0.2) is 30.3 Å². The van der Waals surface area contributed by atoms with Gasteiger partial charge in [0.1, 0.15) is 0 Å². The summed E-state index contributed by atoms with van der Waals surface area (Å²) in [6.45, 7) is 1.85. The van der Waals surface area contributed by atoms with E-state index in [0.29, 0.717) is 19.6 Å². The van der Waals surface area contributed by atoms with Gasteiger partial charge in [0, 0.05) is 25.2 Å². The molecule has 1 heterocycles. The number of carbonyl (C=O) groups is 2. The van der Waals surface area contributed by atoms with Crippen molar-refractivity contribution in [2.24, 2.45) is 0 Å². The van der Waals surface area contributed by atoms with Crippen LogP contribution in [-0.2, 0) is 11.3 Å². The lowest BCUT2D eigenvalue weighted by Crippen LogP contribution is -2.52. The number of amides is 3. The van der Waals surface area contributed by atoms with Crippen LogP contribution in [0.5, 0.6) is 0 Å². The van der Waals surface area contributed by atoms with Crippen LogP contribution in [0.2, 0.25) is 0 Å². The molecule has 1 aliphatic heterocycles. The fraction of sp³-hybridized carbons (Fsp3) is 0.556. The molecule has 1 aliphatic carbocycles. The Hall–Kier alpha value is -1.92. The fourth-order valence-corrected chi connectivity index (χ4v) is 3.80. The number of imide groups is 1. The molecule has 130 valence electrons. The predicted molar refractivity (Wildman–Crippen MR) is 90.2 cm³/mol. The second-order valence-corrected chi connectivity index (χ2v) is 6.70. The predicted octanol–water partition coefficient (Wildman–Crippen LogP) is 1.35. The molecule has 1 aromatic carbocycles. The molecule has 0 unspecified atom stereocenters. The molecule has 2 fully saturated rings. The number of hydrogen-bond acceptors (Lipinski definition) is 4. The first-order valence-electron chi connectivity index (χ1n) is 8.63. The summed E-state index contributed by atoms with van der Waals surface area (Å²) in [6, 6.07) is 9.82. The van der Waals surface area contributed by atoms with E-state index in [4.69, 9.17) is 0 Å². The van der Waals surface area contributed by atoms with Crippen molar-refractivity contribution in [3.63, 3.8) is 0 Å². The highest BCUT2D eigenvalue weighted by molar-refractivity contribution is 6.01. The van der Waals surface area contributed by atoms with Gasteiger partial charge in [-0.15, -0.1) is 0 Å². The van der Waals surface area contributed by atoms with Crippen LogP contribution >= 0.6 is 0 Å². The Morgan fingerprint density at radius 3 is 2.46 bits per heavy atom. The SMILES string of the molecule is O=C1CNC(=O)N1CCN(Cc1ccccc1)C1(CO)CCCC1. The first kappa shape index (κ1) is 16.9. The Kier molecular flexibility index (Phi) is 5.16. The third kappa shape index (κ3) is 3.44. The van der Waals surface area contributed by atoms with Gasteiger partial charge in [-0.3, -0.25) is 14.6 Å². The number of rotatable bonds is 7. The summed E-state index contributed by atoms with van der Waals surface area (Å²) in [5.74, 6) is -0.177. The van der Waals surface area contributed by atoms with Crippen LogP contribution in [0.3, 0.4) is 0 Å². The number of aliphatic hydroxyl groups excluding tert-OH is 1. The van der Waals surface area contributed by atoms with Gasteiger partial charge in [-0.1, -0.05) is 43.2 Å².